The van der Waals surface area contributed by atoms with Crippen molar-refractivity contribution in [2.45, 2.75) is 48.4 Å². The second kappa shape index (κ2) is 9.78. The van der Waals surface area contributed by atoms with Crippen LogP contribution in [0.1, 0.15) is 0 Å². The molecular weight excluding hydrogens is 611 g/mol. The number of hydrogen-bond donors (Lipinski definition) is 1. The van der Waals surface area contributed by atoms with Crippen LogP contribution in [0.4, 0.5) is 86.0 Å². The van der Waals surface area contributed by atoms with Crippen LogP contribution in [0, 0.1) is 10.1 Å². The minimum atomic E-state index is -8.15. The van der Waals surface area contributed by atoms with Crippen LogP contribution < -0.4 is 5.32 Å². The van der Waals surface area contributed by atoms with E-state index in [0.29, 0.717) is 23.5 Å². The molecule has 0 fully saturated rings. The molecule has 0 aromatic heterocycles. The molecule has 1 N–H and O–H groups in total. The van der Waals surface area contributed by atoms with Crippen molar-refractivity contribution >= 4 is 17.3 Å². The summed E-state index contributed by atoms with van der Waals surface area (Å²) in [6.07, 6.45) is -39.0. The van der Waals surface area contributed by atoms with Gasteiger partial charge in [0.05, 0.1) is 4.92 Å². The van der Waals surface area contributed by atoms with E-state index >= 15 is 0 Å². The molecule has 0 bridgehead atoms. The van der Waals surface area contributed by atoms with E-state index in [-0.39, 0.29) is 6.07 Å². The van der Waals surface area contributed by atoms with E-state index in [2.05, 4.69) is 0 Å². The molecule has 0 heterocycles. The first-order valence-electron chi connectivity index (χ1n) is 8.64. The van der Waals surface area contributed by atoms with Crippen LogP contribution in [0.2, 0.25) is 0 Å². The Morgan fingerprint density at radius 1 is 0.718 bits per heavy atom. The van der Waals surface area contributed by atoms with Gasteiger partial charge in [0.2, 0.25) is 0 Å². The molecule has 0 aliphatic rings. The lowest BCUT2D eigenvalue weighted by Gasteiger charge is -2.40. The van der Waals surface area contributed by atoms with Crippen LogP contribution in [0.5, 0.6) is 0 Å². The van der Waals surface area contributed by atoms with E-state index in [1.54, 1.807) is 0 Å². The fourth-order valence-electron chi connectivity index (χ4n) is 2.07. The Labute approximate surface area is 200 Å². The number of nitro groups is 1. The number of alkyl halides is 17. The number of rotatable bonds is 9. The lowest BCUT2D eigenvalue weighted by Crippen LogP contribution is -2.68. The minimum absolute atomic E-state index is 0.0882. The molecular formula is C15H5F17N2O5. The van der Waals surface area contributed by atoms with E-state index in [4.69, 9.17) is 0 Å². The van der Waals surface area contributed by atoms with Crippen molar-refractivity contribution in [2.75, 3.05) is 5.32 Å². The molecule has 0 unspecified atom stereocenters. The van der Waals surface area contributed by atoms with Gasteiger partial charge in [-0.1, -0.05) is 6.07 Å². The Balaban J connectivity index is 3.64. The first-order valence-corrected chi connectivity index (χ1v) is 8.64. The van der Waals surface area contributed by atoms with Crippen LogP contribution in [-0.2, 0) is 14.3 Å². The quantitative estimate of drug-likeness (QED) is 0.197. The molecule has 1 aromatic carbocycles. The highest BCUT2D eigenvalue weighted by molar-refractivity contribution is 5.97. The van der Waals surface area contributed by atoms with E-state index in [1.807, 2.05) is 4.74 Å². The van der Waals surface area contributed by atoms with Gasteiger partial charge in [0.25, 0.3) is 11.6 Å². The number of nitro benzene ring substituents is 1. The first-order chi connectivity index (χ1) is 17.0. The summed E-state index contributed by atoms with van der Waals surface area (Å²) >= 11 is 0. The Hall–Kier alpha value is -3.18. The summed E-state index contributed by atoms with van der Waals surface area (Å²) < 4.78 is 226. The largest absolute Gasteiger partial charge is 0.462 e. The van der Waals surface area contributed by atoms with Gasteiger partial charge in [0.15, 0.2) is 0 Å². The number of benzene rings is 1. The van der Waals surface area contributed by atoms with Crippen molar-refractivity contribution in [1.82, 2.24) is 0 Å². The first kappa shape index (κ1) is 33.8. The number of hydrogen-bond acceptors (Lipinski definition) is 5. The standard InChI is InChI=1S/C15H5F17N2O5/c16-8(11(20,21)22,7(35)33-5-2-1-3-6(4-5)34(36)37)38-15(31,32)10(19,13(26,27)28)39-14(29,30)9(17,18)12(23,24)25/h1-4H,(H,33,35)/t8-,10+/m0/s1. The van der Waals surface area contributed by atoms with Crippen molar-refractivity contribution in [1.29, 1.82) is 0 Å². The molecule has 0 spiro atoms. The molecule has 1 amide bonds. The van der Waals surface area contributed by atoms with Crippen LogP contribution in [-0.4, -0.2) is 59.2 Å². The molecule has 0 aliphatic heterocycles. The summed E-state index contributed by atoms with van der Waals surface area (Å²) in [5.74, 6) is -26.7. The molecule has 39 heavy (non-hydrogen) atoms. The molecule has 0 saturated carbocycles. The Kier molecular flexibility index (Phi) is 8.49. The van der Waals surface area contributed by atoms with Crippen LogP contribution >= 0.6 is 0 Å². The average molecular weight is 616 g/mol. The second-order valence-corrected chi connectivity index (χ2v) is 6.76. The van der Waals surface area contributed by atoms with Gasteiger partial charge >= 0.3 is 48.4 Å². The Morgan fingerprint density at radius 2 is 1.21 bits per heavy atom. The van der Waals surface area contributed by atoms with Gasteiger partial charge in [-0.3, -0.25) is 24.4 Å². The fraction of sp³-hybridized carbons (Fsp3) is 0.533. The maximum atomic E-state index is 14.4. The lowest BCUT2D eigenvalue weighted by molar-refractivity contribution is -0.548. The number of non-ortho nitro benzene ring substituents is 1. The highest BCUT2D eigenvalue weighted by Crippen LogP contribution is 2.56. The third-order valence-corrected chi connectivity index (χ3v) is 3.97. The molecule has 224 valence electrons. The molecule has 24 heteroatoms. The van der Waals surface area contributed by atoms with Crippen LogP contribution in [0.25, 0.3) is 0 Å². The van der Waals surface area contributed by atoms with Crippen molar-refractivity contribution in [3.8, 4) is 0 Å². The minimum Gasteiger partial charge on any atom is -0.321 e. The summed E-state index contributed by atoms with van der Waals surface area (Å²) in [6, 6.07) is 1.58. The Bertz CT molecular complexity index is 1090. The number of halogens is 17. The van der Waals surface area contributed by atoms with E-state index in [9.17, 15) is 89.5 Å². The van der Waals surface area contributed by atoms with Gasteiger partial charge in [-0.05, 0) is 6.07 Å². The van der Waals surface area contributed by atoms with Crippen molar-refractivity contribution in [2.24, 2.45) is 0 Å². The van der Waals surface area contributed by atoms with Gasteiger partial charge < -0.3 is 5.32 Å². The molecule has 0 aliphatic carbocycles. The van der Waals surface area contributed by atoms with Crippen LogP contribution in [0.15, 0.2) is 24.3 Å². The number of nitrogens with one attached hydrogen (secondary N) is 1. The number of nitrogens with zero attached hydrogens (tertiary/aromatic N) is 1. The highest BCUT2D eigenvalue weighted by Gasteiger charge is 2.85. The van der Waals surface area contributed by atoms with Gasteiger partial charge in [-0.2, -0.15) is 74.6 Å². The number of carbonyl (C=O) groups is 1. The molecule has 1 aromatic rings. The third-order valence-electron chi connectivity index (χ3n) is 3.97. The SMILES string of the molecule is O=C(Nc1cccc([N+](=O)[O-])c1)[C@](F)(OC(F)(F)[C@](F)(OC(F)(F)C(F)(F)C(F)(F)F)C(F)(F)F)C(F)(F)F. The van der Waals surface area contributed by atoms with Crippen molar-refractivity contribution < 1.29 is 93.8 Å². The maximum Gasteiger partial charge on any atom is 0.462 e. The zero-order valence-corrected chi connectivity index (χ0v) is 17.2. The van der Waals surface area contributed by atoms with Crippen LogP contribution in [0.3, 0.4) is 0 Å². The van der Waals surface area contributed by atoms with E-state index in [0.717, 1.165) is 0 Å². The predicted molar refractivity (Wildman–Crippen MR) is 84.6 cm³/mol. The van der Waals surface area contributed by atoms with Crippen molar-refractivity contribution in [3.63, 3.8) is 0 Å². The molecule has 7 nitrogen and oxygen atoms in total. The highest BCUT2D eigenvalue weighted by atomic mass is 19.4. The van der Waals surface area contributed by atoms with Gasteiger partial charge in [-0.25, -0.2) is 0 Å². The topological polar surface area (TPSA) is 90.7 Å². The zero-order valence-electron chi connectivity index (χ0n) is 17.2. The molecule has 2 atom stereocenters. The summed E-state index contributed by atoms with van der Waals surface area (Å²) in [4.78, 5) is 21.0. The lowest BCUT2D eigenvalue weighted by atomic mass is 10.2. The summed E-state index contributed by atoms with van der Waals surface area (Å²) in [6.45, 7) is 0. The number of anilines is 1. The molecule has 0 radical (unpaired) electrons. The predicted octanol–water partition coefficient (Wildman–Crippen LogP) is 6.41. The van der Waals surface area contributed by atoms with Gasteiger partial charge in [0.1, 0.15) is 0 Å². The smallest absolute Gasteiger partial charge is 0.321 e. The normalized spacial score (nSPS) is 17.3. The second-order valence-electron chi connectivity index (χ2n) is 6.76. The van der Waals surface area contributed by atoms with Gasteiger partial charge in [0, 0.05) is 17.8 Å². The van der Waals surface area contributed by atoms with Crippen molar-refractivity contribution in [3.05, 3.63) is 34.4 Å². The fourth-order valence-corrected chi connectivity index (χ4v) is 2.07. The van der Waals surface area contributed by atoms with E-state index in [1.165, 1.54) is 4.74 Å². The third kappa shape index (κ3) is 6.19. The summed E-state index contributed by atoms with van der Waals surface area (Å²) in [5.41, 5.74) is -2.40. The molecule has 0 saturated heterocycles. The molecule has 1 rings (SSSR count). The zero-order chi connectivity index (χ0) is 31.3. The average Bonchev–Trinajstić information content (AvgIpc) is 2.70. The number of ether oxygens (including phenoxy) is 2. The number of amides is 1. The summed E-state index contributed by atoms with van der Waals surface area (Å²) in [7, 11) is 0. The maximum absolute atomic E-state index is 14.4. The number of carbonyl (C=O) groups excluding carboxylic acids is 1. The monoisotopic (exact) mass is 616 g/mol. The van der Waals surface area contributed by atoms with Gasteiger partial charge in [-0.15, -0.1) is 0 Å². The van der Waals surface area contributed by atoms with E-state index < -0.39 is 70.6 Å². The summed E-state index contributed by atoms with van der Waals surface area (Å²) in [5, 5.41) is 11.2. The Morgan fingerprint density at radius 3 is 1.59 bits per heavy atom.